The number of amides is 3. The highest BCUT2D eigenvalue weighted by atomic mass is 16.2. The number of likely N-dealkylation sites (N-methyl/N-ethyl adjacent to an activating group) is 1. The molecule has 1 N–H and O–H groups in total. The van der Waals surface area contributed by atoms with Crippen molar-refractivity contribution in [3.8, 4) is 0 Å². The minimum Gasteiger partial charge on any atom is -0.331 e. The minimum atomic E-state index is -0.374. The summed E-state index contributed by atoms with van der Waals surface area (Å²) in [6, 6.07) is 7.75. The molecule has 1 atom stereocenters. The van der Waals surface area contributed by atoms with E-state index in [-0.39, 0.29) is 24.0 Å². The van der Waals surface area contributed by atoms with E-state index in [2.05, 4.69) is 31.3 Å². The summed E-state index contributed by atoms with van der Waals surface area (Å²) in [4.78, 5) is 28.6. The second kappa shape index (κ2) is 5.96. The zero-order valence-corrected chi connectivity index (χ0v) is 15.0. The zero-order valence-electron chi connectivity index (χ0n) is 15.0. The molecule has 0 saturated carbocycles. The van der Waals surface area contributed by atoms with Crippen LogP contribution in [0.1, 0.15) is 50.8 Å². The number of benzene rings is 1. The van der Waals surface area contributed by atoms with Crippen molar-refractivity contribution in [2.75, 3.05) is 13.6 Å². The number of hydrogen-bond donors (Lipinski definition) is 1. The number of rotatable bonds is 3. The van der Waals surface area contributed by atoms with Gasteiger partial charge in [-0.05, 0) is 30.9 Å². The Kier molecular flexibility index (Phi) is 4.11. The second-order valence-corrected chi connectivity index (χ2v) is 7.15. The number of carbonyl (C=O) groups is 2. The van der Waals surface area contributed by atoms with Gasteiger partial charge in [0.15, 0.2) is 0 Å². The predicted octanol–water partition coefficient (Wildman–Crippen LogP) is 3.01. The molecule has 0 bridgehead atoms. The third-order valence-corrected chi connectivity index (χ3v) is 4.95. The normalized spacial score (nSPS) is 21.0. The Morgan fingerprint density at radius 3 is 2.25 bits per heavy atom. The van der Waals surface area contributed by atoms with Crippen molar-refractivity contribution in [3.63, 3.8) is 0 Å². The lowest BCUT2D eigenvalue weighted by molar-refractivity contribution is -0.127. The molecule has 1 aromatic rings. The molecule has 128 valence electrons. The van der Waals surface area contributed by atoms with Crippen LogP contribution in [-0.4, -0.2) is 41.4 Å². The van der Waals surface area contributed by atoms with Crippen LogP contribution in [0.25, 0.3) is 0 Å². The molecule has 2 aliphatic rings. The van der Waals surface area contributed by atoms with Crippen LogP contribution >= 0.6 is 0 Å². The van der Waals surface area contributed by atoms with Crippen LogP contribution in [-0.2, 0) is 4.79 Å². The monoisotopic (exact) mass is 327 g/mol. The SMILES string of the molecule is CC(C)c1ccc(C2NC(=O)N(C)C3=C2C(=O)N(C(C)C)C3)cc1. The van der Waals surface area contributed by atoms with Crippen molar-refractivity contribution in [3.05, 3.63) is 46.7 Å². The Labute approximate surface area is 143 Å². The van der Waals surface area contributed by atoms with Gasteiger partial charge in [-0.2, -0.15) is 0 Å². The molecule has 5 heteroatoms. The molecule has 0 aliphatic carbocycles. The first-order valence-corrected chi connectivity index (χ1v) is 8.49. The van der Waals surface area contributed by atoms with Gasteiger partial charge in [0.1, 0.15) is 0 Å². The average molecular weight is 327 g/mol. The molecule has 3 rings (SSSR count). The molecule has 2 heterocycles. The summed E-state index contributed by atoms with van der Waals surface area (Å²) in [5.74, 6) is 0.468. The molecule has 0 radical (unpaired) electrons. The first-order chi connectivity index (χ1) is 11.3. The lowest BCUT2D eigenvalue weighted by Crippen LogP contribution is -2.45. The molecule has 0 saturated heterocycles. The molecule has 5 nitrogen and oxygen atoms in total. The van der Waals surface area contributed by atoms with Gasteiger partial charge in [-0.15, -0.1) is 0 Å². The van der Waals surface area contributed by atoms with Gasteiger partial charge in [0.2, 0.25) is 0 Å². The maximum atomic E-state index is 12.9. The zero-order chi connectivity index (χ0) is 17.6. The van der Waals surface area contributed by atoms with Crippen LogP contribution in [0.4, 0.5) is 4.79 Å². The molecule has 0 spiro atoms. The van der Waals surface area contributed by atoms with Crippen molar-refractivity contribution < 1.29 is 9.59 Å². The third kappa shape index (κ3) is 2.58. The highest BCUT2D eigenvalue weighted by molar-refractivity contribution is 6.01. The highest BCUT2D eigenvalue weighted by Gasteiger charge is 2.43. The fourth-order valence-electron chi connectivity index (χ4n) is 3.33. The van der Waals surface area contributed by atoms with E-state index in [1.54, 1.807) is 11.9 Å². The molecule has 24 heavy (non-hydrogen) atoms. The van der Waals surface area contributed by atoms with E-state index in [1.165, 1.54) is 5.56 Å². The summed E-state index contributed by atoms with van der Waals surface area (Å²) >= 11 is 0. The van der Waals surface area contributed by atoms with E-state index in [9.17, 15) is 9.59 Å². The van der Waals surface area contributed by atoms with Crippen molar-refractivity contribution in [1.82, 2.24) is 15.1 Å². The summed E-state index contributed by atoms with van der Waals surface area (Å²) in [6.07, 6.45) is 0. The quantitative estimate of drug-likeness (QED) is 0.928. The van der Waals surface area contributed by atoms with Gasteiger partial charge in [-0.1, -0.05) is 38.1 Å². The van der Waals surface area contributed by atoms with E-state index in [0.29, 0.717) is 18.0 Å². The molecular formula is C19H25N3O2. The largest absolute Gasteiger partial charge is 0.331 e. The number of nitrogens with one attached hydrogen (secondary N) is 1. The van der Waals surface area contributed by atoms with Gasteiger partial charge in [0.25, 0.3) is 5.91 Å². The van der Waals surface area contributed by atoms with Gasteiger partial charge in [0, 0.05) is 13.1 Å². The third-order valence-electron chi connectivity index (χ3n) is 4.95. The number of carbonyl (C=O) groups excluding carboxylic acids is 2. The summed E-state index contributed by atoms with van der Waals surface area (Å²) in [5, 5.41) is 2.97. The first-order valence-electron chi connectivity index (χ1n) is 8.49. The predicted molar refractivity (Wildman–Crippen MR) is 93.4 cm³/mol. The smallest absolute Gasteiger partial charge is 0.322 e. The van der Waals surface area contributed by atoms with Crippen molar-refractivity contribution in [2.45, 2.75) is 45.7 Å². The Balaban J connectivity index is 2.01. The number of urea groups is 1. The van der Waals surface area contributed by atoms with E-state index in [0.717, 1.165) is 11.3 Å². The topological polar surface area (TPSA) is 52.7 Å². The Hall–Kier alpha value is -2.30. The van der Waals surface area contributed by atoms with Gasteiger partial charge in [-0.3, -0.25) is 9.69 Å². The summed E-state index contributed by atoms with van der Waals surface area (Å²) in [7, 11) is 1.72. The molecule has 3 amide bonds. The van der Waals surface area contributed by atoms with Crippen LogP contribution in [0.2, 0.25) is 0 Å². The van der Waals surface area contributed by atoms with Crippen molar-refractivity contribution in [2.24, 2.45) is 0 Å². The van der Waals surface area contributed by atoms with Gasteiger partial charge < -0.3 is 10.2 Å². The average Bonchev–Trinajstić information content (AvgIpc) is 2.89. The van der Waals surface area contributed by atoms with E-state index in [1.807, 2.05) is 30.9 Å². The summed E-state index contributed by atoms with van der Waals surface area (Å²) < 4.78 is 0. The van der Waals surface area contributed by atoms with Crippen LogP contribution in [0.15, 0.2) is 35.5 Å². The molecule has 0 aromatic heterocycles. The Bertz CT molecular complexity index is 704. The van der Waals surface area contributed by atoms with E-state index in [4.69, 9.17) is 0 Å². The van der Waals surface area contributed by atoms with Gasteiger partial charge in [0.05, 0.1) is 23.9 Å². The van der Waals surface area contributed by atoms with Crippen molar-refractivity contribution in [1.29, 1.82) is 0 Å². The molecule has 0 fully saturated rings. The second-order valence-electron chi connectivity index (χ2n) is 7.15. The maximum Gasteiger partial charge on any atom is 0.322 e. The van der Waals surface area contributed by atoms with Crippen LogP contribution in [0.3, 0.4) is 0 Å². The molecule has 1 unspecified atom stereocenters. The fraction of sp³-hybridized carbons (Fsp3) is 0.474. The Morgan fingerprint density at radius 2 is 1.71 bits per heavy atom. The van der Waals surface area contributed by atoms with E-state index >= 15 is 0 Å². The summed E-state index contributed by atoms with van der Waals surface area (Å²) in [5.41, 5.74) is 3.71. The van der Waals surface area contributed by atoms with Crippen LogP contribution in [0.5, 0.6) is 0 Å². The van der Waals surface area contributed by atoms with Crippen molar-refractivity contribution >= 4 is 11.9 Å². The molecule has 2 aliphatic heterocycles. The fourth-order valence-corrected chi connectivity index (χ4v) is 3.33. The standard InChI is InChI=1S/C19H25N3O2/c1-11(2)13-6-8-14(9-7-13)17-16-15(21(5)19(24)20-17)10-22(12(3)4)18(16)23/h6-9,11-12,17H,10H2,1-5H3,(H,20,24). The summed E-state index contributed by atoms with van der Waals surface area (Å²) in [6.45, 7) is 8.79. The number of hydrogen-bond acceptors (Lipinski definition) is 2. The van der Waals surface area contributed by atoms with Gasteiger partial charge >= 0.3 is 6.03 Å². The minimum absolute atomic E-state index is 0.0183. The van der Waals surface area contributed by atoms with Crippen LogP contribution in [0, 0.1) is 0 Å². The highest BCUT2D eigenvalue weighted by Crippen LogP contribution is 2.36. The van der Waals surface area contributed by atoms with Gasteiger partial charge in [-0.25, -0.2) is 4.79 Å². The van der Waals surface area contributed by atoms with E-state index < -0.39 is 0 Å². The lowest BCUT2D eigenvalue weighted by Gasteiger charge is -2.31. The number of nitrogens with zero attached hydrogens (tertiary/aromatic N) is 2. The van der Waals surface area contributed by atoms with Crippen LogP contribution < -0.4 is 5.32 Å². The molecule has 1 aromatic carbocycles. The molecular weight excluding hydrogens is 302 g/mol. The lowest BCUT2D eigenvalue weighted by atomic mass is 9.93. The maximum absolute atomic E-state index is 12.9. The Morgan fingerprint density at radius 1 is 1.08 bits per heavy atom. The first kappa shape index (κ1) is 16.6.